The van der Waals surface area contributed by atoms with E-state index in [1.54, 1.807) is 22.7 Å². The second kappa shape index (κ2) is 12.1. The molecule has 188 valence electrons. The second-order valence-electron chi connectivity index (χ2n) is 8.40. The molecule has 0 aliphatic carbocycles. The molecule has 0 unspecified atom stereocenters. The van der Waals surface area contributed by atoms with E-state index < -0.39 is 12.3 Å². The maximum Gasteiger partial charge on any atom is 0.261 e. The number of hydrogen-bond acceptors (Lipinski definition) is 6. The van der Waals surface area contributed by atoms with Crippen LogP contribution in [0.3, 0.4) is 0 Å². The Kier molecular flexibility index (Phi) is 9.76. The van der Waals surface area contributed by atoms with Crippen LogP contribution in [0.2, 0.25) is 0 Å². The molecule has 1 aliphatic rings. The van der Waals surface area contributed by atoms with Crippen molar-refractivity contribution in [3.63, 3.8) is 0 Å². The van der Waals surface area contributed by atoms with E-state index in [9.17, 15) is 17.6 Å². The molecule has 0 aromatic carbocycles. The fraction of sp³-hybridized carbons (Fsp3) is 0.478. The molecule has 35 heavy (non-hydrogen) atoms. The molecule has 7 nitrogen and oxygen atoms in total. The maximum absolute atomic E-state index is 12.2. The fourth-order valence-corrected chi connectivity index (χ4v) is 3.20. The van der Waals surface area contributed by atoms with Crippen molar-refractivity contribution >= 4 is 36.3 Å². The van der Waals surface area contributed by atoms with Crippen LogP contribution in [-0.4, -0.2) is 70.5 Å². The zero-order chi connectivity index (χ0) is 26.3. The summed E-state index contributed by atoms with van der Waals surface area (Å²) in [6, 6.07) is 5.68. The van der Waals surface area contributed by atoms with Crippen LogP contribution in [0.5, 0.6) is 0 Å². The van der Waals surface area contributed by atoms with Crippen molar-refractivity contribution in [1.82, 2.24) is 24.5 Å². The first kappa shape index (κ1) is 28.2. The SMILES string of the molecule is CCC(F)F.CN1CCC(F)(F)C1.[B]c1cc(-c2ccc(N=C(C)C)c(C)n2)c2cnc(N)nn12. The zero-order valence-corrected chi connectivity index (χ0v) is 20.6. The van der Waals surface area contributed by atoms with Crippen molar-refractivity contribution < 1.29 is 17.6 Å². The van der Waals surface area contributed by atoms with Gasteiger partial charge in [0.15, 0.2) is 0 Å². The number of likely N-dealkylation sites (tertiary alicyclic amines) is 1. The van der Waals surface area contributed by atoms with Crippen LogP contribution in [0, 0.1) is 6.92 Å². The molecular formula is C23H30BF4N7. The van der Waals surface area contributed by atoms with Crippen molar-refractivity contribution in [3.05, 3.63) is 30.1 Å². The van der Waals surface area contributed by atoms with Gasteiger partial charge in [-0.2, -0.15) is 0 Å². The molecule has 2 radical (unpaired) electrons. The van der Waals surface area contributed by atoms with Crippen LogP contribution in [0.25, 0.3) is 16.8 Å². The average Bonchev–Trinajstić information content (AvgIpc) is 3.27. The third kappa shape index (κ3) is 8.31. The number of fused-ring (bicyclic) bond motifs is 1. The highest BCUT2D eigenvalue weighted by molar-refractivity contribution is 6.32. The molecule has 0 saturated carbocycles. The van der Waals surface area contributed by atoms with E-state index in [1.165, 1.54) is 6.92 Å². The lowest BCUT2D eigenvalue weighted by molar-refractivity contribution is 0.0146. The minimum Gasteiger partial charge on any atom is -0.367 e. The quantitative estimate of drug-likeness (QED) is 0.337. The Morgan fingerprint density at radius 1 is 1.29 bits per heavy atom. The van der Waals surface area contributed by atoms with Gasteiger partial charge in [-0.05, 0) is 51.6 Å². The number of anilines is 1. The van der Waals surface area contributed by atoms with E-state index in [-0.39, 0.29) is 25.3 Å². The number of hydrogen-bond donors (Lipinski definition) is 1. The summed E-state index contributed by atoms with van der Waals surface area (Å²) in [5, 5.41) is 4.11. The van der Waals surface area contributed by atoms with Gasteiger partial charge < -0.3 is 10.6 Å². The van der Waals surface area contributed by atoms with Crippen LogP contribution >= 0.6 is 0 Å². The average molecular weight is 491 g/mol. The molecule has 0 atom stereocenters. The molecule has 0 amide bonds. The van der Waals surface area contributed by atoms with Crippen LogP contribution < -0.4 is 11.3 Å². The summed E-state index contributed by atoms with van der Waals surface area (Å²) in [6.45, 7) is 7.76. The first-order valence-corrected chi connectivity index (χ1v) is 11.1. The Labute approximate surface area is 203 Å². The first-order valence-electron chi connectivity index (χ1n) is 11.1. The van der Waals surface area contributed by atoms with Gasteiger partial charge >= 0.3 is 0 Å². The van der Waals surface area contributed by atoms with Gasteiger partial charge in [0.05, 0.1) is 35.3 Å². The van der Waals surface area contributed by atoms with E-state index in [1.807, 2.05) is 39.0 Å². The number of aliphatic imine (C=N–C) groups is 1. The number of aromatic nitrogens is 4. The van der Waals surface area contributed by atoms with Gasteiger partial charge in [0, 0.05) is 30.7 Å². The van der Waals surface area contributed by atoms with Gasteiger partial charge in [0.25, 0.3) is 5.92 Å². The van der Waals surface area contributed by atoms with Crippen molar-refractivity contribution in [2.75, 3.05) is 25.9 Å². The fourth-order valence-electron chi connectivity index (χ4n) is 3.20. The van der Waals surface area contributed by atoms with Gasteiger partial charge in [-0.1, -0.05) is 6.92 Å². The Morgan fingerprint density at radius 2 is 1.94 bits per heavy atom. The third-order valence-corrected chi connectivity index (χ3v) is 4.91. The Morgan fingerprint density at radius 3 is 2.40 bits per heavy atom. The van der Waals surface area contributed by atoms with Crippen molar-refractivity contribution in [2.24, 2.45) is 4.99 Å². The predicted octanol–water partition coefficient (Wildman–Crippen LogP) is 4.21. The van der Waals surface area contributed by atoms with Crippen molar-refractivity contribution in [2.45, 2.75) is 52.9 Å². The molecule has 1 fully saturated rings. The molecule has 4 heterocycles. The van der Waals surface area contributed by atoms with Crippen molar-refractivity contribution in [1.29, 1.82) is 0 Å². The van der Waals surface area contributed by atoms with Crippen LogP contribution in [0.15, 0.2) is 29.4 Å². The molecule has 1 aliphatic heterocycles. The lowest BCUT2D eigenvalue weighted by atomic mass is 10.0. The second-order valence-corrected chi connectivity index (χ2v) is 8.40. The Balaban J connectivity index is 0.000000273. The molecule has 1 saturated heterocycles. The summed E-state index contributed by atoms with van der Waals surface area (Å²) in [4.78, 5) is 14.7. The standard InChI is InChI=1S/C15H15BN6.C5H9F2N.C3H6F2/c1-8(2)19-11-4-5-12(20-9(11)3)10-6-14(16)22-13(10)7-18-15(17)21-22;1-8-3-2-5(6,7)4-8;1-2-3(4)5/h4-7H,1-3H3,(H2,17,21);2-4H2,1H3;3H,2H2,1H3. The largest absolute Gasteiger partial charge is 0.367 e. The van der Waals surface area contributed by atoms with Gasteiger partial charge in [0.2, 0.25) is 12.4 Å². The first-order chi connectivity index (χ1) is 16.3. The molecule has 0 spiro atoms. The van der Waals surface area contributed by atoms with Gasteiger partial charge in [-0.3, -0.25) is 9.98 Å². The molecule has 2 N–H and O–H groups in total. The Hall–Kier alpha value is -3.02. The van der Waals surface area contributed by atoms with Crippen LogP contribution in [0.4, 0.5) is 29.2 Å². The minimum absolute atomic E-state index is 0.0278. The zero-order valence-electron chi connectivity index (χ0n) is 20.6. The summed E-state index contributed by atoms with van der Waals surface area (Å²) in [5.74, 6) is -2.23. The van der Waals surface area contributed by atoms with Crippen LogP contribution in [-0.2, 0) is 0 Å². The lowest BCUT2D eigenvalue weighted by Crippen LogP contribution is -2.21. The summed E-state index contributed by atoms with van der Waals surface area (Å²) in [7, 11) is 7.69. The molecule has 3 aromatic heterocycles. The van der Waals surface area contributed by atoms with Gasteiger partial charge in [-0.25, -0.2) is 27.1 Å². The summed E-state index contributed by atoms with van der Waals surface area (Å²) < 4.78 is 47.4. The highest BCUT2D eigenvalue weighted by atomic mass is 19.3. The van der Waals surface area contributed by atoms with E-state index >= 15 is 0 Å². The number of aryl methyl sites for hydroxylation is 1. The van der Waals surface area contributed by atoms with Gasteiger partial charge in [-0.15, -0.1) is 5.10 Å². The van der Waals surface area contributed by atoms with Crippen molar-refractivity contribution in [3.8, 4) is 11.3 Å². The van der Waals surface area contributed by atoms with E-state index in [0.29, 0.717) is 12.1 Å². The topological polar surface area (TPSA) is 84.7 Å². The number of nitrogens with zero attached hydrogens (tertiary/aromatic N) is 6. The summed E-state index contributed by atoms with van der Waals surface area (Å²) in [5.41, 5.74) is 11.2. The summed E-state index contributed by atoms with van der Waals surface area (Å²) >= 11 is 0. The molecule has 12 heteroatoms. The third-order valence-electron chi connectivity index (χ3n) is 4.91. The highest BCUT2D eigenvalue weighted by Crippen LogP contribution is 2.26. The monoisotopic (exact) mass is 491 g/mol. The smallest absolute Gasteiger partial charge is 0.261 e. The van der Waals surface area contributed by atoms with E-state index in [0.717, 1.165) is 33.9 Å². The Bertz CT molecular complexity index is 1160. The van der Waals surface area contributed by atoms with E-state index in [4.69, 9.17) is 13.6 Å². The number of pyridine rings is 1. The number of nitrogen functional groups attached to an aromatic ring is 1. The number of rotatable bonds is 3. The summed E-state index contributed by atoms with van der Waals surface area (Å²) in [6.07, 6.45) is -0.466. The molecule has 0 bridgehead atoms. The normalized spacial score (nSPS) is 14.8. The maximum atomic E-state index is 12.2. The highest BCUT2D eigenvalue weighted by Gasteiger charge is 2.36. The molecule has 3 aromatic rings. The number of alkyl halides is 4. The lowest BCUT2D eigenvalue weighted by Gasteiger charge is -2.06. The van der Waals surface area contributed by atoms with Crippen LogP contribution in [0.1, 0.15) is 39.3 Å². The predicted molar refractivity (Wildman–Crippen MR) is 133 cm³/mol. The van der Waals surface area contributed by atoms with E-state index in [2.05, 4.69) is 20.1 Å². The van der Waals surface area contributed by atoms with Gasteiger partial charge in [0.1, 0.15) is 7.85 Å². The number of halogens is 4. The molecular weight excluding hydrogens is 461 g/mol. The number of nitrogens with two attached hydrogens (primary N) is 1. The molecule has 4 rings (SSSR count). The minimum atomic E-state index is -2.41.